The van der Waals surface area contributed by atoms with Crippen molar-refractivity contribution in [1.82, 2.24) is 14.7 Å². The number of hydrogen-bond donors (Lipinski definition) is 1. The monoisotopic (exact) mass is 323 g/mol. The third-order valence-corrected chi connectivity index (χ3v) is 5.48. The Morgan fingerprint density at radius 1 is 1.17 bits per heavy atom. The zero-order chi connectivity index (χ0) is 16.2. The Labute approximate surface area is 138 Å². The highest BCUT2D eigenvalue weighted by Crippen LogP contribution is 2.23. The van der Waals surface area contributed by atoms with Gasteiger partial charge in [0.25, 0.3) is 0 Å². The lowest BCUT2D eigenvalue weighted by Crippen LogP contribution is -2.43. The fourth-order valence-corrected chi connectivity index (χ4v) is 4.08. The van der Waals surface area contributed by atoms with Gasteiger partial charge in [-0.3, -0.25) is 9.59 Å². The maximum Gasteiger partial charge on any atom is 0.242 e. The van der Waals surface area contributed by atoms with Crippen LogP contribution in [0.2, 0.25) is 0 Å². The normalized spacial score (nSPS) is 29.0. The predicted octanol–water partition coefficient (Wildman–Crippen LogP) is 0.447. The molecule has 2 atom stereocenters. The van der Waals surface area contributed by atoms with Crippen LogP contribution >= 0.6 is 0 Å². The quantitative estimate of drug-likeness (QED) is 0.771. The average molecular weight is 323 g/mol. The summed E-state index contributed by atoms with van der Waals surface area (Å²) < 4.78 is 0. The number of hydrogen-bond acceptors (Lipinski definition) is 4. The van der Waals surface area contributed by atoms with E-state index in [0.29, 0.717) is 25.9 Å². The van der Waals surface area contributed by atoms with Gasteiger partial charge in [-0.25, -0.2) is 0 Å². The molecular weight excluding hydrogens is 294 g/mol. The van der Waals surface area contributed by atoms with Gasteiger partial charge in [0, 0.05) is 25.6 Å². The number of aliphatic hydroxyl groups is 1. The Hall–Kier alpha value is -1.14. The Bertz CT molecular complexity index is 437. The second-order valence-corrected chi connectivity index (χ2v) is 7.19. The van der Waals surface area contributed by atoms with E-state index in [0.717, 1.165) is 25.8 Å². The molecule has 2 unspecified atom stereocenters. The highest BCUT2D eigenvalue weighted by Gasteiger charge is 2.34. The summed E-state index contributed by atoms with van der Waals surface area (Å²) in [5, 5.41) is 9.55. The van der Waals surface area contributed by atoms with E-state index < -0.39 is 6.10 Å². The molecule has 3 aliphatic heterocycles. The van der Waals surface area contributed by atoms with Gasteiger partial charge >= 0.3 is 0 Å². The van der Waals surface area contributed by atoms with E-state index in [9.17, 15) is 14.7 Å². The van der Waals surface area contributed by atoms with Gasteiger partial charge in [0.2, 0.25) is 11.8 Å². The molecule has 3 aliphatic rings. The largest absolute Gasteiger partial charge is 0.391 e. The van der Waals surface area contributed by atoms with Crippen LogP contribution in [0.5, 0.6) is 0 Å². The van der Waals surface area contributed by atoms with Crippen molar-refractivity contribution in [3.8, 4) is 0 Å². The first-order chi connectivity index (χ1) is 11.1. The van der Waals surface area contributed by atoms with Crippen molar-refractivity contribution in [3.63, 3.8) is 0 Å². The van der Waals surface area contributed by atoms with Crippen LogP contribution in [0.15, 0.2) is 0 Å². The van der Waals surface area contributed by atoms with E-state index >= 15 is 0 Å². The number of rotatable bonds is 6. The van der Waals surface area contributed by atoms with E-state index in [-0.39, 0.29) is 24.4 Å². The molecule has 0 aromatic heterocycles. The molecule has 1 N–H and O–H groups in total. The van der Waals surface area contributed by atoms with Crippen LogP contribution in [-0.4, -0.2) is 83.0 Å². The summed E-state index contributed by atoms with van der Waals surface area (Å²) in [5.41, 5.74) is 0. The molecule has 0 bridgehead atoms. The highest BCUT2D eigenvalue weighted by molar-refractivity contribution is 5.86. The standard InChI is InChI=1S/C17H29N3O3/c21-15-7-11-19(12-15)17(23)13-20-14(5-6-16(20)22)4-3-10-18-8-1-2-9-18/h14-15,21H,1-13H2. The molecule has 3 saturated heterocycles. The van der Waals surface area contributed by atoms with Crippen LogP contribution in [0.1, 0.15) is 44.9 Å². The number of β-amino-alcohol motifs (C(OH)–C–C–N with tert-alkyl or cyclic N) is 1. The number of carbonyl (C=O) groups excluding carboxylic acids is 2. The summed E-state index contributed by atoms with van der Waals surface area (Å²) in [7, 11) is 0. The molecule has 0 saturated carbocycles. The maximum atomic E-state index is 12.3. The SMILES string of the molecule is O=C(CN1C(=O)CCC1CCCN1CCCC1)N1CCC(O)C1. The van der Waals surface area contributed by atoms with Gasteiger partial charge in [0.05, 0.1) is 6.10 Å². The lowest BCUT2D eigenvalue weighted by molar-refractivity contribution is -0.139. The molecule has 23 heavy (non-hydrogen) atoms. The smallest absolute Gasteiger partial charge is 0.242 e. The van der Waals surface area contributed by atoms with Gasteiger partial charge in [0.15, 0.2) is 0 Å². The third kappa shape index (κ3) is 4.23. The van der Waals surface area contributed by atoms with Crippen LogP contribution in [0, 0.1) is 0 Å². The molecule has 3 fully saturated rings. The van der Waals surface area contributed by atoms with Crippen LogP contribution in [0.3, 0.4) is 0 Å². The summed E-state index contributed by atoms with van der Waals surface area (Å²) in [6.45, 7) is 4.76. The van der Waals surface area contributed by atoms with E-state index in [1.165, 1.54) is 25.9 Å². The minimum Gasteiger partial charge on any atom is -0.391 e. The first-order valence-corrected chi connectivity index (χ1v) is 9.11. The zero-order valence-electron chi connectivity index (χ0n) is 14.0. The molecule has 130 valence electrons. The van der Waals surface area contributed by atoms with Gasteiger partial charge in [-0.1, -0.05) is 0 Å². The maximum absolute atomic E-state index is 12.3. The number of aliphatic hydroxyl groups excluding tert-OH is 1. The predicted molar refractivity (Wildman–Crippen MR) is 86.8 cm³/mol. The van der Waals surface area contributed by atoms with Crippen LogP contribution in [-0.2, 0) is 9.59 Å². The van der Waals surface area contributed by atoms with Crippen molar-refractivity contribution in [2.75, 3.05) is 39.3 Å². The fourth-order valence-electron chi connectivity index (χ4n) is 4.08. The first kappa shape index (κ1) is 16.7. The zero-order valence-corrected chi connectivity index (χ0v) is 14.0. The molecule has 0 spiro atoms. The van der Waals surface area contributed by atoms with E-state index in [2.05, 4.69) is 4.90 Å². The number of nitrogens with zero attached hydrogens (tertiary/aromatic N) is 3. The number of carbonyl (C=O) groups is 2. The average Bonchev–Trinajstić information content (AvgIpc) is 3.25. The summed E-state index contributed by atoms with van der Waals surface area (Å²) in [4.78, 5) is 30.4. The van der Waals surface area contributed by atoms with Crippen molar-refractivity contribution >= 4 is 11.8 Å². The summed E-state index contributed by atoms with van der Waals surface area (Å²) in [6.07, 6.45) is 6.43. The second kappa shape index (κ2) is 7.62. The van der Waals surface area contributed by atoms with Gasteiger partial charge in [0.1, 0.15) is 6.54 Å². The Balaban J connectivity index is 1.45. The minimum absolute atomic E-state index is 0.0126. The van der Waals surface area contributed by atoms with Gasteiger partial charge in [-0.05, 0) is 58.2 Å². The second-order valence-electron chi connectivity index (χ2n) is 7.19. The van der Waals surface area contributed by atoms with Gasteiger partial charge in [-0.15, -0.1) is 0 Å². The molecule has 0 aromatic carbocycles. The Morgan fingerprint density at radius 3 is 2.65 bits per heavy atom. The Kier molecular flexibility index (Phi) is 5.54. The molecule has 0 aliphatic carbocycles. The fraction of sp³-hybridized carbons (Fsp3) is 0.882. The topological polar surface area (TPSA) is 64.1 Å². The van der Waals surface area contributed by atoms with Crippen molar-refractivity contribution in [2.24, 2.45) is 0 Å². The molecule has 6 nitrogen and oxygen atoms in total. The van der Waals surface area contributed by atoms with E-state index in [4.69, 9.17) is 0 Å². The van der Waals surface area contributed by atoms with E-state index in [1.807, 2.05) is 0 Å². The molecule has 6 heteroatoms. The molecule has 3 rings (SSSR count). The summed E-state index contributed by atoms with van der Waals surface area (Å²) >= 11 is 0. The van der Waals surface area contributed by atoms with Gasteiger partial charge < -0.3 is 19.8 Å². The van der Waals surface area contributed by atoms with Crippen molar-refractivity contribution < 1.29 is 14.7 Å². The third-order valence-electron chi connectivity index (χ3n) is 5.48. The van der Waals surface area contributed by atoms with Crippen molar-refractivity contribution in [2.45, 2.75) is 57.1 Å². The Morgan fingerprint density at radius 2 is 1.96 bits per heavy atom. The number of likely N-dealkylation sites (tertiary alicyclic amines) is 3. The number of amides is 2. The summed E-state index contributed by atoms with van der Waals surface area (Å²) in [5.74, 6) is 0.102. The highest BCUT2D eigenvalue weighted by atomic mass is 16.3. The molecule has 0 aromatic rings. The lowest BCUT2D eigenvalue weighted by Gasteiger charge is -2.27. The summed E-state index contributed by atoms with van der Waals surface area (Å²) in [6, 6.07) is 0.224. The first-order valence-electron chi connectivity index (χ1n) is 9.11. The molecule has 2 amide bonds. The minimum atomic E-state index is -0.399. The van der Waals surface area contributed by atoms with Crippen molar-refractivity contribution in [3.05, 3.63) is 0 Å². The van der Waals surface area contributed by atoms with Crippen LogP contribution in [0.25, 0.3) is 0 Å². The molecule has 0 radical (unpaired) electrons. The van der Waals surface area contributed by atoms with Crippen LogP contribution < -0.4 is 0 Å². The molecule has 3 heterocycles. The molecular formula is C17H29N3O3. The lowest BCUT2D eigenvalue weighted by atomic mass is 10.1. The van der Waals surface area contributed by atoms with Crippen molar-refractivity contribution in [1.29, 1.82) is 0 Å². The van der Waals surface area contributed by atoms with E-state index in [1.54, 1.807) is 9.80 Å². The van der Waals surface area contributed by atoms with Crippen LogP contribution in [0.4, 0.5) is 0 Å². The van der Waals surface area contributed by atoms with Gasteiger partial charge in [-0.2, -0.15) is 0 Å².